The van der Waals surface area contributed by atoms with Crippen LogP contribution in [0.25, 0.3) is 22.0 Å². The van der Waals surface area contributed by atoms with Crippen molar-refractivity contribution in [2.75, 3.05) is 0 Å². The van der Waals surface area contributed by atoms with E-state index in [-0.39, 0.29) is 24.8 Å². The van der Waals surface area contributed by atoms with Crippen LogP contribution in [0, 0.1) is 25.2 Å². The van der Waals surface area contributed by atoms with Crippen LogP contribution in [-0.2, 0) is 23.3 Å². The lowest BCUT2D eigenvalue weighted by Gasteiger charge is -2.29. The fourth-order valence-corrected chi connectivity index (χ4v) is 5.20. The quantitative estimate of drug-likeness (QED) is 0.216. The number of pyridine rings is 1. The molecular formula is C35H31N3O4. The van der Waals surface area contributed by atoms with Gasteiger partial charge in [0, 0.05) is 17.6 Å². The second-order valence-corrected chi connectivity index (χ2v) is 10.9. The summed E-state index contributed by atoms with van der Waals surface area (Å²) in [6.45, 7) is 7.31. The molecule has 0 aliphatic carbocycles. The van der Waals surface area contributed by atoms with Crippen molar-refractivity contribution < 1.29 is 19.1 Å². The van der Waals surface area contributed by atoms with Crippen molar-refractivity contribution >= 4 is 22.8 Å². The SMILES string of the molecule is Cc1nc2ccccc2c(C(=O)N(Cc2ccc(C#N)o2)Cc2ccc(-c3ccccc3)cc2C(C)(C)C(=O)O)c1C. The molecule has 0 spiro atoms. The van der Waals surface area contributed by atoms with Gasteiger partial charge in [0.05, 0.1) is 23.0 Å². The van der Waals surface area contributed by atoms with E-state index >= 15 is 0 Å². The average molecular weight is 558 g/mol. The van der Waals surface area contributed by atoms with Crippen LogP contribution in [0.15, 0.2) is 89.3 Å². The lowest BCUT2D eigenvalue weighted by atomic mass is 9.80. The Kier molecular flexibility index (Phi) is 7.64. The zero-order valence-electron chi connectivity index (χ0n) is 24.0. The number of benzene rings is 3. The number of aromatic nitrogens is 1. The molecule has 0 saturated carbocycles. The molecule has 5 aromatic rings. The molecule has 0 radical (unpaired) electrons. The Bertz CT molecular complexity index is 1850. The van der Waals surface area contributed by atoms with E-state index in [1.807, 2.05) is 92.7 Å². The smallest absolute Gasteiger partial charge is 0.313 e. The number of aryl methyl sites for hydroxylation is 1. The molecule has 7 heteroatoms. The third-order valence-corrected chi connectivity index (χ3v) is 7.79. The molecule has 2 heterocycles. The fraction of sp³-hybridized carbons (Fsp3) is 0.200. The molecule has 0 atom stereocenters. The first-order valence-corrected chi connectivity index (χ1v) is 13.7. The number of amides is 1. The van der Waals surface area contributed by atoms with E-state index in [0.717, 1.165) is 27.8 Å². The molecule has 0 aliphatic heterocycles. The molecular weight excluding hydrogens is 526 g/mol. The first-order chi connectivity index (χ1) is 20.1. The van der Waals surface area contributed by atoms with Crippen molar-refractivity contribution in [3.63, 3.8) is 0 Å². The van der Waals surface area contributed by atoms with Gasteiger partial charge < -0.3 is 14.4 Å². The van der Waals surface area contributed by atoms with E-state index in [0.29, 0.717) is 28.0 Å². The largest absolute Gasteiger partial charge is 0.481 e. The standard InChI is InChI=1S/C35H31N3O4/c1-22-23(2)37-31-13-9-8-12-29(31)32(22)33(39)38(21-28-17-16-27(19-36)42-28)20-26-15-14-25(24-10-6-5-7-11-24)18-30(26)35(3,4)34(40)41/h5-18H,20-21H2,1-4H3,(H,40,41). The zero-order chi connectivity index (χ0) is 30.0. The monoisotopic (exact) mass is 557 g/mol. The zero-order valence-corrected chi connectivity index (χ0v) is 24.0. The topological polar surface area (TPSA) is 107 Å². The molecule has 0 aliphatic rings. The maximum Gasteiger partial charge on any atom is 0.313 e. The molecule has 7 nitrogen and oxygen atoms in total. The number of carboxylic acid groups (broad SMARTS) is 1. The second kappa shape index (κ2) is 11.3. The van der Waals surface area contributed by atoms with Crippen LogP contribution in [0.3, 0.4) is 0 Å². The highest BCUT2D eigenvalue weighted by molar-refractivity contribution is 6.07. The van der Waals surface area contributed by atoms with Gasteiger partial charge in [-0.3, -0.25) is 14.6 Å². The number of carbonyl (C=O) groups is 2. The van der Waals surface area contributed by atoms with E-state index in [9.17, 15) is 20.0 Å². The molecule has 0 bridgehead atoms. The number of nitrogens with zero attached hydrogens (tertiary/aromatic N) is 3. The predicted octanol–water partition coefficient (Wildman–Crippen LogP) is 7.19. The van der Waals surface area contributed by atoms with Gasteiger partial charge in [0.2, 0.25) is 5.76 Å². The number of rotatable bonds is 8. The third-order valence-electron chi connectivity index (χ3n) is 7.79. The molecule has 3 aromatic carbocycles. The number of hydrogen-bond donors (Lipinski definition) is 1. The minimum Gasteiger partial charge on any atom is -0.481 e. The molecule has 1 N–H and O–H groups in total. The number of carboxylic acids is 1. The summed E-state index contributed by atoms with van der Waals surface area (Å²) < 4.78 is 5.68. The Hall–Kier alpha value is -5.22. The van der Waals surface area contributed by atoms with Crippen LogP contribution in [0.2, 0.25) is 0 Å². The first kappa shape index (κ1) is 28.3. The predicted molar refractivity (Wildman–Crippen MR) is 161 cm³/mol. The Balaban J connectivity index is 1.65. The molecule has 42 heavy (non-hydrogen) atoms. The number of carbonyl (C=O) groups excluding carboxylic acids is 1. The molecule has 1 amide bonds. The van der Waals surface area contributed by atoms with Crippen molar-refractivity contribution in [1.29, 1.82) is 5.26 Å². The number of hydrogen-bond acceptors (Lipinski definition) is 5. The molecule has 210 valence electrons. The van der Waals surface area contributed by atoms with Gasteiger partial charge in [-0.2, -0.15) is 5.26 Å². The summed E-state index contributed by atoms with van der Waals surface area (Å²) in [6, 6.07) is 28.3. The van der Waals surface area contributed by atoms with E-state index in [1.165, 1.54) is 0 Å². The summed E-state index contributed by atoms with van der Waals surface area (Å²) in [5, 5.41) is 20.3. The highest BCUT2D eigenvalue weighted by Gasteiger charge is 2.33. The summed E-state index contributed by atoms with van der Waals surface area (Å²) in [4.78, 5) is 33.3. The highest BCUT2D eigenvalue weighted by Crippen LogP contribution is 2.34. The third kappa shape index (κ3) is 5.39. The van der Waals surface area contributed by atoms with Crippen LogP contribution in [0.4, 0.5) is 0 Å². The van der Waals surface area contributed by atoms with Gasteiger partial charge in [-0.1, -0.05) is 60.7 Å². The molecule has 2 aromatic heterocycles. The molecule has 0 fully saturated rings. The summed E-state index contributed by atoms with van der Waals surface area (Å²) in [6.07, 6.45) is 0. The van der Waals surface area contributed by atoms with Gasteiger partial charge in [-0.15, -0.1) is 0 Å². The molecule has 5 rings (SSSR count). The van der Waals surface area contributed by atoms with E-state index < -0.39 is 11.4 Å². The number of fused-ring (bicyclic) bond motifs is 1. The highest BCUT2D eigenvalue weighted by atomic mass is 16.4. The van der Waals surface area contributed by atoms with Gasteiger partial charge in [0.1, 0.15) is 11.8 Å². The Morgan fingerprint density at radius 1 is 0.929 bits per heavy atom. The van der Waals surface area contributed by atoms with E-state index in [1.54, 1.807) is 30.9 Å². The summed E-state index contributed by atoms with van der Waals surface area (Å²) >= 11 is 0. The van der Waals surface area contributed by atoms with Gasteiger partial charge in [0.25, 0.3) is 5.91 Å². The number of furan rings is 1. The van der Waals surface area contributed by atoms with E-state index in [4.69, 9.17) is 4.42 Å². The summed E-state index contributed by atoms with van der Waals surface area (Å²) in [5.41, 5.74) is 4.70. The maximum atomic E-state index is 14.5. The fourth-order valence-electron chi connectivity index (χ4n) is 5.20. The normalized spacial score (nSPS) is 11.3. The van der Waals surface area contributed by atoms with Crippen molar-refractivity contribution in [1.82, 2.24) is 9.88 Å². The lowest BCUT2D eigenvalue weighted by molar-refractivity contribution is -0.142. The number of nitriles is 1. The average Bonchev–Trinajstić information content (AvgIpc) is 3.45. The maximum absolute atomic E-state index is 14.5. The van der Waals surface area contributed by atoms with Crippen LogP contribution >= 0.6 is 0 Å². The van der Waals surface area contributed by atoms with Crippen LogP contribution in [0.5, 0.6) is 0 Å². The molecule has 0 saturated heterocycles. The Labute approximate surface area is 244 Å². The van der Waals surface area contributed by atoms with Crippen molar-refractivity contribution in [3.05, 3.63) is 124 Å². The van der Waals surface area contributed by atoms with Gasteiger partial charge in [-0.25, -0.2) is 0 Å². The van der Waals surface area contributed by atoms with Crippen LogP contribution in [0.1, 0.15) is 58.1 Å². The second-order valence-electron chi connectivity index (χ2n) is 10.9. The van der Waals surface area contributed by atoms with Gasteiger partial charge >= 0.3 is 5.97 Å². The lowest BCUT2D eigenvalue weighted by Crippen LogP contribution is -2.34. The molecule has 0 unspecified atom stereocenters. The van der Waals surface area contributed by atoms with E-state index in [2.05, 4.69) is 4.98 Å². The number of para-hydroxylation sites is 1. The van der Waals surface area contributed by atoms with Crippen LogP contribution < -0.4 is 0 Å². The summed E-state index contributed by atoms with van der Waals surface area (Å²) in [7, 11) is 0. The van der Waals surface area contributed by atoms with Crippen molar-refractivity contribution in [2.24, 2.45) is 0 Å². The summed E-state index contributed by atoms with van der Waals surface area (Å²) in [5.74, 6) is -0.607. The van der Waals surface area contributed by atoms with Gasteiger partial charge in [-0.05, 0) is 79.8 Å². The minimum atomic E-state index is -1.23. The van der Waals surface area contributed by atoms with Crippen molar-refractivity contribution in [2.45, 2.75) is 46.2 Å². The van der Waals surface area contributed by atoms with Crippen LogP contribution in [-0.4, -0.2) is 26.9 Å². The van der Waals surface area contributed by atoms with Gasteiger partial charge in [0.15, 0.2) is 0 Å². The van der Waals surface area contributed by atoms with Crippen molar-refractivity contribution in [3.8, 4) is 17.2 Å². The number of aliphatic carboxylic acids is 1. The minimum absolute atomic E-state index is 0.0863. The first-order valence-electron chi connectivity index (χ1n) is 13.7. The Morgan fingerprint density at radius 2 is 1.64 bits per heavy atom. The Morgan fingerprint density at radius 3 is 2.33 bits per heavy atom.